The molecule has 1 aliphatic rings. The van der Waals surface area contributed by atoms with Gasteiger partial charge in [-0.1, -0.05) is 50.6 Å². The monoisotopic (exact) mass is 260 g/mol. The lowest BCUT2D eigenvalue weighted by Crippen LogP contribution is -2.41. The predicted molar refractivity (Wildman–Crippen MR) is 82.0 cm³/mol. The normalized spacial score (nSPS) is 25.5. The lowest BCUT2D eigenvalue weighted by molar-refractivity contribution is 0.294. The van der Waals surface area contributed by atoms with Crippen molar-refractivity contribution >= 4 is 0 Å². The maximum absolute atomic E-state index is 6.10. The molecule has 2 rings (SSSR count). The Morgan fingerprint density at radius 1 is 1.21 bits per heavy atom. The van der Waals surface area contributed by atoms with Crippen LogP contribution in [0.4, 0.5) is 0 Å². The summed E-state index contributed by atoms with van der Waals surface area (Å²) in [5.41, 5.74) is 7.51. The smallest absolute Gasteiger partial charge is 0.0325 e. The van der Waals surface area contributed by atoms with E-state index in [0.717, 1.165) is 6.42 Å². The summed E-state index contributed by atoms with van der Waals surface area (Å²) in [6.45, 7) is 4.59. The van der Waals surface area contributed by atoms with Gasteiger partial charge in [-0.05, 0) is 37.2 Å². The van der Waals surface area contributed by atoms with E-state index in [9.17, 15) is 0 Å². The summed E-state index contributed by atoms with van der Waals surface area (Å²) in [4.78, 5) is 0. The molecule has 3 N–H and O–H groups in total. The van der Waals surface area contributed by atoms with E-state index in [1.807, 2.05) is 0 Å². The Morgan fingerprint density at radius 3 is 2.58 bits per heavy atom. The van der Waals surface area contributed by atoms with Crippen molar-refractivity contribution in [1.82, 2.24) is 5.32 Å². The third kappa shape index (κ3) is 4.63. The zero-order valence-electron chi connectivity index (χ0n) is 12.3. The van der Waals surface area contributed by atoms with Crippen molar-refractivity contribution in [3.05, 3.63) is 35.9 Å². The summed E-state index contributed by atoms with van der Waals surface area (Å²) < 4.78 is 0. The third-order valence-corrected chi connectivity index (χ3v) is 4.06. The number of rotatable bonds is 5. The molecule has 1 fully saturated rings. The Kier molecular flexibility index (Phi) is 5.41. The van der Waals surface area contributed by atoms with Gasteiger partial charge in [0.1, 0.15) is 0 Å². The fourth-order valence-corrected chi connectivity index (χ4v) is 3.12. The van der Waals surface area contributed by atoms with Crippen LogP contribution in [0.1, 0.15) is 57.6 Å². The SMILES string of the molecule is CC(C)CC(NC1CCCC(N)C1)c1ccccc1. The molecule has 2 nitrogen and oxygen atoms in total. The molecule has 0 aliphatic heterocycles. The van der Waals surface area contributed by atoms with Gasteiger partial charge in [0.05, 0.1) is 0 Å². The minimum absolute atomic E-state index is 0.390. The van der Waals surface area contributed by atoms with E-state index < -0.39 is 0 Å². The van der Waals surface area contributed by atoms with Crippen LogP contribution in [-0.4, -0.2) is 12.1 Å². The van der Waals surface area contributed by atoms with Crippen LogP contribution in [0.2, 0.25) is 0 Å². The molecular weight excluding hydrogens is 232 g/mol. The van der Waals surface area contributed by atoms with Gasteiger partial charge in [-0.2, -0.15) is 0 Å². The van der Waals surface area contributed by atoms with Gasteiger partial charge in [-0.3, -0.25) is 0 Å². The molecule has 1 aromatic rings. The molecule has 1 aromatic carbocycles. The van der Waals surface area contributed by atoms with Gasteiger partial charge in [0.25, 0.3) is 0 Å². The van der Waals surface area contributed by atoms with Crippen LogP contribution in [0.15, 0.2) is 30.3 Å². The average Bonchev–Trinajstić information content (AvgIpc) is 2.38. The number of nitrogens with two attached hydrogens (primary N) is 1. The van der Waals surface area contributed by atoms with Crippen molar-refractivity contribution in [3.63, 3.8) is 0 Å². The lowest BCUT2D eigenvalue weighted by atomic mass is 9.89. The van der Waals surface area contributed by atoms with Crippen molar-refractivity contribution in [2.45, 2.75) is 64.1 Å². The first kappa shape index (κ1) is 14.5. The molecule has 0 radical (unpaired) electrons. The summed E-state index contributed by atoms with van der Waals surface area (Å²) in [5.74, 6) is 0.704. The average molecular weight is 260 g/mol. The van der Waals surface area contributed by atoms with E-state index in [4.69, 9.17) is 5.73 Å². The maximum atomic E-state index is 6.10. The second kappa shape index (κ2) is 7.06. The van der Waals surface area contributed by atoms with Gasteiger partial charge >= 0.3 is 0 Å². The summed E-state index contributed by atoms with van der Waals surface area (Å²) in [6.07, 6.45) is 6.05. The van der Waals surface area contributed by atoms with Gasteiger partial charge in [0.15, 0.2) is 0 Å². The van der Waals surface area contributed by atoms with Crippen molar-refractivity contribution < 1.29 is 0 Å². The Morgan fingerprint density at radius 2 is 1.95 bits per heavy atom. The summed E-state index contributed by atoms with van der Waals surface area (Å²) in [5, 5.41) is 3.85. The molecule has 2 heteroatoms. The number of benzene rings is 1. The second-order valence-corrected chi connectivity index (χ2v) is 6.38. The maximum Gasteiger partial charge on any atom is 0.0325 e. The molecule has 3 atom stereocenters. The van der Waals surface area contributed by atoms with E-state index in [1.54, 1.807) is 0 Å². The standard InChI is InChI=1S/C17H28N2/c1-13(2)11-17(14-7-4-3-5-8-14)19-16-10-6-9-15(18)12-16/h3-5,7-8,13,15-17,19H,6,9-12,18H2,1-2H3. The molecule has 1 aliphatic carbocycles. The minimum Gasteiger partial charge on any atom is -0.328 e. The van der Waals surface area contributed by atoms with Crippen molar-refractivity contribution in [2.75, 3.05) is 0 Å². The minimum atomic E-state index is 0.390. The van der Waals surface area contributed by atoms with E-state index in [-0.39, 0.29) is 0 Å². The van der Waals surface area contributed by atoms with E-state index in [0.29, 0.717) is 24.0 Å². The molecule has 0 heterocycles. The zero-order chi connectivity index (χ0) is 13.7. The number of nitrogens with one attached hydrogen (secondary N) is 1. The first-order valence-electron chi connectivity index (χ1n) is 7.71. The predicted octanol–water partition coefficient (Wildman–Crippen LogP) is 3.63. The zero-order valence-corrected chi connectivity index (χ0v) is 12.3. The summed E-state index contributed by atoms with van der Waals surface area (Å²) in [6, 6.07) is 12.3. The molecule has 0 amide bonds. The molecule has 0 saturated heterocycles. The lowest BCUT2D eigenvalue weighted by Gasteiger charge is -2.32. The molecular formula is C17H28N2. The van der Waals surface area contributed by atoms with Crippen molar-refractivity contribution in [1.29, 1.82) is 0 Å². The van der Waals surface area contributed by atoms with Gasteiger partial charge in [0.2, 0.25) is 0 Å². The molecule has 0 aromatic heterocycles. The van der Waals surface area contributed by atoms with Gasteiger partial charge in [-0.15, -0.1) is 0 Å². The van der Waals surface area contributed by atoms with Crippen molar-refractivity contribution in [2.24, 2.45) is 11.7 Å². The highest BCUT2D eigenvalue weighted by Crippen LogP contribution is 2.25. The Hall–Kier alpha value is -0.860. The Balaban J connectivity index is 2.01. The molecule has 3 unspecified atom stereocenters. The second-order valence-electron chi connectivity index (χ2n) is 6.38. The van der Waals surface area contributed by atoms with Crippen LogP contribution in [0.25, 0.3) is 0 Å². The van der Waals surface area contributed by atoms with Crippen LogP contribution < -0.4 is 11.1 Å². The highest BCUT2D eigenvalue weighted by molar-refractivity contribution is 5.19. The van der Waals surface area contributed by atoms with E-state index in [1.165, 1.54) is 31.2 Å². The first-order valence-corrected chi connectivity index (χ1v) is 7.71. The van der Waals surface area contributed by atoms with E-state index >= 15 is 0 Å². The quantitative estimate of drug-likeness (QED) is 0.848. The van der Waals surface area contributed by atoms with Gasteiger partial charge < -0.3 is 11.1 Å². The third-order valence-electron chi connectivity index (χ3n) is 4.06. The molecule has 19 heavy (non-hydrogen) atoms. The van der Waals surface area contributed by atoms with E-state index in [2.05, 4.69) is 49.5 Å². The fourth-order valence-electron chi connectivity index (χ4n) is 3.12. The summed E-state index contributed by atoms with van der Waals surface area (Å²) >= 11 is 0. The topological polar surface area (TPSA) is 38.0 Å². The van der Waals surface area contributed by atoms with Gasteiger partial charge in [0, 0.05) is 18.1 Å². The van der Waals surface area contributed by atoms with Crippen LogP contribution >= 0.6 is 0 Å². The van der Waals surface area contributed by atoms with Gasteiger partial charge in [-0.25, -0.2) is 0 Å². The van der Waals surface area contributed by atoms with Crippen LogP contribution in [0.5, 0.6) is 0 Å². The molecule has 0 spiro atoms. The highest BCUT2D eigenvalue weighted by Gasteiger charge is 2.23. The number of hydrogen-bond acceptors (Lipinski definition) is 2. The molecule has 1 saturated carbocycles. The first-order chi connectivity index (χ1) is 9.15. The summed E-state index contributed by atoms with van der Waals surface area (Å²) in [7, 11) is 0. The molecule has 0 bridgehead atoms. The van der Waals surface area contributed by atoms with Crippen LogP contribution in [0, 0.1) is 5.92 Å². The largest absolute Gasteiger partial charge is 0.328 e. The molecule has 106 valence electrons. The fraction of sp³-hybridized carbons (Fsp3) is 0.647. The van der Waals surface area contributed by atoms with Crippen LogP contribution in [0.3, 0.4) is 0 Å². The Labute approximate surface area is 117 Å². The van der Waals surface area contributed by atoms with Crippen molar-refractivity contribution in [3.8, 4) is 0 Å². The highest BCUT2D eigenvalue weighted by atomic mass is 15.0. The van der Waals surface area contributed by atoms with Crippen LogP contribution in [-0.2, 0) is 0 Å². The number of hydrogen-bond donors (Lipinski definition) is 2. The Bertz CT molecular complexity index is 361.